The molecule has 3 rings (SSSR count). The van der Waals surface area contributed by atoms with Crippen molar-refractivity contribution >= 4 is 44.7 Å². The smallest absolute Gasteiger partial charge is 0.348 e. The van der Waals surface area contributed by atoms with Gasteiger partial charge < -0.3 is 10.6 Å². The maximum absolute atomic E-state index is 14.2. The van der Waals surface area contributed by atoms with E-state index in [-0.39, 0.29) is 62.2 Å². The van der Waals surface area contributed by atoms with Gasteiger partial charge in [-0.25, -0.2) is 8.42 Å². The summed E-state index contributed by atoms with van der Waals surface area (Å²) in [5, 5.41) is 5.51. The standard InChI is InChI=1S/C28H34Cl2F3N3O4S/c1-3-41(39,40)26-9-8-21(29)12-20(26)15-35-27(38)19-13-23(28(31,32)33)22(24(30)14-19)17-36-11-5-6-18(16-36)25(37)7-4-10-34-2/h8-9,12-14,18,34H,3-7,10-11,15-17H2,1-2H3,(H,35,38)/t18-/m0/s1. The summed E-state index contributed by atoms with van der Waals surface area (Å²) in [4.78, 5) is 27.3. The van der Waals surface area contributed by atoms with Gasteiger partial charge in [0.25, 0.3) is 5.91 Å². The van der Waals surface area contributed by atoms with Crippen LogP contribution in [0.2, 0.25) is 10.0 Å². The number of hydrogen-bond acceptors (Lipinski definition) is 6. The number of benzene rings is 2. The van der Waals surface area contributed by atoms with Crippen LogP contribution in [0.3, 0.4) is 0 Å². The number of halogens is 5. The van der Waals surface area contributed by atoms with Gasteiger partial charge in [0.1, 0.15) is 5.78 Å². The molecule has 1 fully saturated rings. The van der Waals surface area contributed by atoms with Crippen LogP contribution in [0.1, 0.15) is 59.7 Å². The van der Waals surface area contributed by atoms with Crippen LogP contribution in [0.15, 0.2) is 35.2 Å². The summed E-state index contributed by atoms with van der Waals surface area (Å²) in [5.74, 6) is -1.17. The average molecular weight is 637 g/mol. The third-order valence-corrected chi connectivity index (χ3v) is 9.53. The summed E-state index contributed by atoms with van der Waals surface area (Å²) < 4.78 is 67.4. The van der Waals surface area contributed by atoms with Gasteiger partial charge >= 0.3 is 6.18 Å². The van der Waals surface area contributed by atoms with E-state index in [9.17, 15) is 31.2 Å². The molecule has 2 aromatic carbocycles. The third kappa shape index (κ3) is 8.90. The van der Waals surface area contributed by atoms with Crippen molar-refractivity contribution in [3.8, 4) is 0 Å². The summed E-state index contributed by atoms with van der Waals surface area (Å²) in [6, 6.07) is 6.06. The molecular weight excluding hydrogens is 602 g/mol. The predicted octanol–water partition coefficient (Wildman–Crippen LogP) is 5.52. The molecule has 0 spiro atoms. The fraction of sp³-hybridized carbons (Fsp3) is 0.500. The van der Waals surface area contributed by atoms with E-state index in [1.54, 1.807) is 11.9 Å². The first-order valence-corrected chi connectivity index (χ1v) is 15.8. The van der Waals surface area contributed by atoms with Crippen LogP contribution >= 0.6 is 23.2 Å². The summed E-state index contributed by atoms with van der Waals surface area (Å²) >= 11 is 12.4. The number of amides is 1. The summed E-state index contributed by atoms with van der Waals surface area (Å²) in [6.45, 7) is 2.67. The van der Waals surface area contributed by atoms with E-state index in [1.165, 1.54) is 31.2 Å². The topological polar surface area (TPSA) is 95.6 Å². The number of Topliss-reactive ketones (excluding diaryl/α,β-unsaturated/α-hetero) is 1. The van der Waals surface area contributed by atoms with Crippen LogP contribution in [0.25, 0.3) is 0 Å². The van der Waals surface area contributed by atoms with Crippen molar-refractivity contribution in [3.63, 3.8) is 0 Å². The number of ketones is 1. The molecule has 1 aliphatic rings. The van der Waals surface area contributed by atoms with Crippen LogP contribution in [0.5, 0.6) is 0 Å². The Morgan fingerprint density at radius 3 is 2.54 bits per heavy atom. The zero-order valence-electron chi connectivity index (χ0n) is 22.9. The van der Waals surface area contributed by atoms with E-state index < -0.39 is 27.5 Å². The fourth-order valence-electron chi connectivity index (χ4n) is 4.93. The molecule has 13 heteroatoms. The van der Waals surface area contributed by atoms with E-state index >= 15 is 0 Å². The molecule has 0 unspecified atom stereocenters. The number of carbonyl (C=O) groups is 2. The number of hydrogen-bond donors (Lipinski definition) is 2. The van der Waals surface area contributed by atoms with E-state index in [1.807, 2.05) is 0 Å². The van der Waals surface area contributed by atoms with Crippen LogP contribution in [-0.4, -0.2) is 57.4 Å². The lowest BCUT2D eigenvalue weighted by Crippen LogP contribution is -2.38. The molecule has 0 radical (unpaired) electrons. The van der Waals surface area contributed by atoms with Gasteiger partial charge in [-0.2, -0.15) is 13.2 Å². The van der Waals surface area contributed by atoms with Crippen molar-refractivity contribution in [3.05, 3.63) is 62.6 Å². The highest BCUT2D eigenvalue weighted by atomic mass is 35.5. The van der Waals surface area contributed by atoms with E-state index in [0.29, 0.717) is 45.3 Å². The van der Waals surface area contributed by atoms with Crippen LogP contribution in [0.4, 0.5) is 13.2 Å². The molecule has 1 heterocycles. The van der Waals surface area contributed by atoms with Crippen LogP contribution in [-0.2, 0) is 33.9 Å². The zero-order chi connectivity index (χ0) is 30.4. The molecule has 1 saturated heterocycles. The summed E-state index contributed by atoms with van der Waals surface area (Å²) in [7, 11) is -1.83. The third-order valence-electron chi connectivity index (χ3n) is 7.13. The van der Waals surface area contributed by atoms with E-state index in [0.717, 1.165) is 6.07 Å². The Morgan fingerprint density at radius 1 is 1.15 bits per heavy atom. The SMILES string of the molecule is CCS(=O)(=O)c1ccc(Cl)cc1CNC(=O)c1cc(Cl)c(CN2CCC[C@H](C(=O)CCCNC)C2)c(C(F)(F)F)c1. The molecule has 1 amide bonds. The lowest BCUT2D eigenvalue weighted by molar-refractivity contribution is -0.138. The maximum atomic E-state index is 14.2. The molecule has 1 aliphatic heterocycles. The Labute approximate surface area is 248 Å². The van der Waals surface area contributed by atoms with Gasteiger partial charge in [-0.05, 0) is 80.9 Å². The van der Waals surface area contributed by atoms with Crippen molar-refractivity contribution in [1.29, 1.82) is 0 Å². The van der Waals surface area contributed by atoms with Crippen molar-refractivity contribution in [2.45, 2.75) is 56.8 Å². The van der Waals surface area contributed by atoms with Crippen molar-refractivity contribution in [1.82, 2.24) is 15.5 Å². The first kappa shape index (κ1) is 33.3. The van der Waals surface area contributed by atoms with Gasteiger partial charge in [0.2, 0.25) is 0 Å². The number of nitrogens with one attached hydrogen (secondary N) is 2. The van der Waals surface area contributed by atoms with E-state index in [2.05, 4.69) is 10.6 Å². The Morgan fingerprint density at radius 2 is 1.88 bits per heavy atom. The monoisotopic (exact) mass is 635 g/mol. The lowest BCUT2D eigenvalue weighted by Gasteiger charge is -2.33. The number of carbonyl (C=O) groups excluding carboxylic acids is 2. The van der Waals surface area contributed by atoms with Gasteiger partial charge in [-0.15, -0.1) is 0 Å². The maximum Gasteiger partial charge on any atom is 0.416 e. The quantitative estimate of drug-likeness (QED) is 0.298. The minimum absolute atomic E-state index is 0.0191. The van der Waals surface area contributed by atoms with Crippen LogP contribution in [0, 0.1) is 5.92 Å². The minimum Gasteiger partial charge on any atom is -0.348 e. The number of rotatable bonds is 12. The normalized spacial score (nSPS) is 16.5. The highest BCUT2D eigenvalue weighted by Gasteiger charge is 2.36. The Balaban J connectivity index is 1.80. The Kier molecular flexibility index (Phi) is 11.6. The first-order valence-electron chi connectivity index (χ1n) is 13.4. The molecule has 7 nitrogen and oxygen atoms in total. The van der Waals surface area contributed by atoms with E-state index in [4.69, 9.17) is 23.2 Å². The van der Waals surface area contributed by atoms with Crippen molar-refractivity contribution in [2.75, 3.05) is 32.4 Å². The van der Waals surface area contributed by atoms with Crippen molar-refractivity contribution in [2.24, 2.45) is 5.92 Å². The molecule has 2 aromatic rings. The van der Waals surface area contributed by atoms with Gasteiger partial charge in [-0.3, -0.25) is 14.5 Å². The molecule has 41 heavy (non-hydrogen) atoms. The van der Waals surface area contributed by atoms with Gasteiger partial charge in [0.15, 0.2) is 9.84 Å². The minimum atomic E-state index is -4.79. The molecular formula is C28H34Cl2F3N3O4S. The highest BCUT2D eigenvalue weighted by Crippen LogP contribution is 2.37. The number of nitrogens with zero attached hydrogens (tertiary/aromatic N) is 1. The molecule has 1 atom stereocenters. The van der Waals surface area contributed by atoms with Crippen LogP contribution < -0.4 is 10.6 Å². The lowest BCUT2D eigenvalue weighted by atomic mass is 9.91. The second-order valence-corrected chi connectivity index (χ2v) is 13.2. The second-order valence-electron chi connectivity index (χ2n) is 10.1. The fourth-order valence-corrected chi connectivity index (χ4v) is 6.52. The highest BCUT2D eigenvalue weighted by molar-refractivity contribution is 7.91. The molecule has 226 valence electrons. The van der Waals surface area contributed by atoms with Gasteiger partial charge in [0.05, 0.1) is 16.2 Å². The first-order chi connectivity index (χ1) is 19.3. The molecule has 2 N–H and O–H groups in total. The zero-order valence-corrected chi connectivity index (χ0v) is 25.2. The number of sulfone groups is 1. The van der Waals surface area contributed by atoms with Gasteiger partial charge in [-0.1, -0.05) is 30.1 Å². The number of likely N-dealkylation sites (tertiary alicyclic amines) is 1. The molecule has 0 bridgehead atoms. The van der Waals surface area contributed by atoms with Gasteiger partial charge in [0, 0.05) is 47.6 Å². The van der Waals surface area contributed by atoms with Crippen molar-refractivity contribution < 1.29 is 31.2 Å². The molecule has 0 aliphatic carbocycles. The average Bonchev–Trinajstić information content (AvgIpc) is 2.92. The Bertz CT molecular complexity index is 1370. The molecule has 0 aromatic heterocycles. The molecule has 0 saturated carbocycles. The Hall–Kier alpha value is -2.18. The summed E-state index contributed by atoms with van der Waals surface area (Å²) in [5.41, 5.74) is -1.30. The predicted molar refractivity (Wildman–Crippen MR) is 153 cm³/mol. The second kappa shape index (κ2) is 14.3. The number of alkyl halides is 3. The summed E-state index contributed by atoms with van der Waals surface area (Å²) in [6.07, 6.45) is -2.29. The largest absolute Gasteiger partial charge is 0.416 e. The number of piperidine rings is 1.